The molecule has 6 fully saturated rings. The van der Waals surface area contributed by atoms with Gasteiger partial charge in [-0.2, -0.15) is 0 Å². The van der Waals surface area contributed by atoms with Crippen molar-refractivity contribution in [2.24, 2.45) is 5.84 Å². The van der Waals surface area contributed by atoms with Gasteiger partial charge < -0.3 is 153 Å². The number of hydrogen-bond donors (Lipinski definition) is 22. The fourth-order valence-electron chi connectivity index (χ4n) is 9.10. The van der Waals surface area contributed by atoms with Crippen LogP contribution in [0.3, 0.4) is 0 Å². The summed E-state index contributed by atoms with van der Waals surface area (Å²) in [7, 11) is -5.21. The van der Waals surface area contributed by atoms with Crippen LogP contribution in [-0.2, 0) is 75.6 Å². The van der Waals surface area contributed by atoms with E-state index in [4.69, 9.17) is 67.9 Å². The average Bonchev–Trinajstić information content (AvgIpc) is 3.55. The van der Waals surface area contributed by atoms with Gasteiger partial charge in [0.2, 0.25) is 5.91 Å². The fourth-order valence-corrected chi connectivity index (χ4v) is 9.44. The van der Waals surface area contributed by atoms with E-state index in [2.05, 4.69) is 9.41 Å². The van der Waals surface area contributed by atoms with Crippen molar-refractivity contribution in [2.75, 3.05) is 46.2 Å². The third-order valence-electron chi connectivity index (χ3n) is 13.7. The topological polar surface area (TPSA) is 606 Å². The van der Waals surface area contributed by atoms with Crippen molar-refractivity contribution >= 4 is 13.7 Å². The van der Waals surface area contributed by atoms with Gasteiger partial charge in [0.1, 0.15) is 153 Å². The molecule has 0 spiro atoms. The predicted molar refractivity (Wildman–Crippen MR) is 237 cm³/mol. The van der Waals surface area contributed by atoms with E-state index >= 15 is 0 Å². The van der Waals surface area contributed by atoms with Gasteiger partial charge in [-0.15, -0.1) is 0 Å². The number of hydrazine groups is 1. The van der Waals surface area contributed by atoms with Gasteiger partial charge in [-0.3, -0.25) is 20.0 Å². The van der Waals surface area contributed by atoms with Crippen LogP contribution in [0.1, 0.15) is 12.8 Å². The number of hydrogen-bond acceptors (Lipinski definition) is 35. The summed E-state index contributed by atoms with van der Waals surface area (Å²) in [5, 5.41) is 192. The zero-order chi connectivity index (χ0) is 58.4. The molecule has 0 radical (unpaired) electrons. The first-order valence-electron chi connectivity index (χ1n) is 24.4. The molecule has 0 aliphatic carbocycles. The predicted octanol–water partition coefficient (Wildman–Crippen LogP) is -13.7. The Balaban J connectivity index is 1.19. The molecular weight excluding hydrogens is 1120 g/mol. The first-order chi connectivity index (χ1) is 37.3. The van der Waals surface area contributed by atoms with Crippen LogP contribution in [0.4, 0.5) is 0 Å². The lowest BCUT2D eigenvalue weighted by Crippen LogP contribution is -2.67. The van der Waals surface area contributed by atoms with Crippen LogP contribution in [0.15, 0.2) is 0 Å². The molecule has 0 bridgehead atoms. The van der Waals surface area contributed by atoms with Crippen molar-refractivity contribution in [2.45, 2.75) is 197 Å². The van der Waals surface area contributed by atoms with Gasteiger partial charge in [-0.05, 0) is 6.42 Å². The highest BCUT2D eigenvalue weighted by Gasteiger charge is 2.56. The van der Waals surface area contributed by atoms with E-state index in [-0.39, 0.29) is 19.4 Å². The number of rotatable bonds is 24. The number of aliphatic hydroxyl groups excluding tert-OH is 17. The molecule has 6 heterocycles. The van der Waals surface area contributed by atoms with Crippen LogP contribution in [-0.4, -0.2) is 338 Å². The van der Waals surface area contributed by atoms with Crippen LogP contribution < -0.4 is 11.3 Å². The first-order valence-corrected chi connectivity index (χ1v) is 25.9. The quantitative estimate of drug-likeness (QED) is 0.0107. The summed E-state index contributed by atoms with van der Waals surface area (Å²) in [6.45, 7) is -5.99. The Morgan fingerprint density at radius 2 is 0.810 bits per heavy atom. The largest absolute Gasteiger partial charge is 0.469 e. The Kier molecular flexibility index (Phi) is 24.7. The zero-order valence-corrected chi connectivity index (χ0v) is 42.1. The maximum Gasteiger partial charge on any atom is 0.469 e. The van der Waals surface area contributed by atoms with E-state index < -0.39 is 238 Å². The summed E-state index contributed by atoms with van der Waals surface area (Å²) in [6.07, 6.45) is -59.6. The molecule has 462 valence electrons. The molecule has 38 nitrogen and oxygen atoms in total. The summed E-state index contributed by atoms with van der Waals surface area (Å²) < 4.78 is 83.6. The summed E-state index contributed by atoms with van der Waals surface area (Å²) in [5.41, 5.74) is 1.90. The van der Waals surface area contributed by atoms with Crippen molar-refractivity contribution in [3.05, 3.63) is 0 Å². The lowest BCUT2D eigenvalue weighted by atomic mass is 9.96. The molecule has 30 atom stereocenters. The second-order valence-corrected chi connectivity index (χ2v) is 20.3. The molecule has 0 aromatic carbocycles. The lowest BCUT2D eigenvalue weighted by molar-refractivity contribution is -0.391. The van der Waals surface area contributed by atoms with Crippen molar-refractivity contribution in [1.82, 2.24) is 5.43 Å². The second-order valence-electron chi connectivity index (χ2n) is 19.1. The minimum Gasteiger partial charge on any atom is -0.394 e. The molecule has 39 heteroatoms. The van der Waals surface area contributed by atoms with Crippen LogP contribution in [0.5, 0.6) is 0 Å². The van der Waals surface area contributed by atoms with Crippen LogP contribution in [0, 0.1) is 0 Å². The summed E-state index contributed by atoms with van der Waals surface area (Å²) in [5.74, 6) is 4.51. The SMILES string of the molecule is NNC(=O)CCCO[C@@H]1OC(CO[C@H]2OC(CO[C@H]3OC(CO)[C@@H](O)[C@H](O)C3O[C@H]3OC(COO)[C@@H](O)[C@H](O)C3O)[C@@H](O)[C@H](O)C2O)[C@@H](O)[C@H](O[C@H]2OC(CO)[C@@H](O)[C@H](O)C2O[C@H]2OC(COP(=O)(O)O)[C@@H](O)[C@H](O)C2O)C1O. The minimum absolute atomic E-state index is 0.0614. The van der Waals surface area contributed by atoms with Gasteiger partial charge in [-0.25, -0.2) is 15.3 Å². The Labute approximate surface area is 445 Å². The smallest absolute Gasteiger partial charge is 0.394 e. The molecule has 79 heavy (non-hydrogen) atoms. The zero-order valence-electron chi connectivity index (χ0n) is 41.2. The van der Waals surface area contributed by atoms with E-state index in [1.165, 1.54) is 0 Å². The van der Waals surface area contributed by atoms with Crippen molar-refractivity contribution in [1.29, 1.82) is 0 Å². The molecule has 12 unspecified atom stereocenters. The van der Waals surface area contributed by atoms with Crippen molar-refractivity contribution in [3.63, 3.8) is 0 Å². The molecule has 0 aromatic heterocycles. The van der Waals surface area contributed by atoms with E-state index in [0.29, 0.717) is 0 Å². The van der Waals surface area contributed by atoms with Crippen LogP contribution in [0.2, 0.25) is 0 Å². The van der Waals surface area contributed by atoms with E-state index in [9.17, 15) is 106 Å². The molecule has 23 N–H and O–H groups in total. The summed E-state index contributed by atoms with van der Waals surface area (Å²) in [4.78, 5) is 34.1. The van der Waals surface area contributed by atoms with Gasteiger partial charge >= 0.3 is 7.82 Å². The normalized spacial score (nSPS) is 47.2. The standard InChI is InChI=1S/C40H71N2O36P/c41-42-16(45)2-1-3-65-36-31(60)32(76-40-34(27(56)18(47)11(5-44)71-40)78-38-30(59)25(54)21(50)15(75-38)9-69-79(62,63)64)22(51)13(73-36)7-66-35-28(57)23(52)19(48)12(72-35)6-67-39-33(26(55)17(46)10(4-43)70-39)77-37-29(58)24(53)20(49)14(74-37)8-68-61/h10-15,17-40,43-44,46-61H,1-9,41H2,(H,42,45)(H2,62,63,64)/t10?,11?,12?,13?,14?,15?,17-,18-,19-,20-,21-,22-,23+,24+,25+,26+,27+,28?,29?,30?,31?,32+,33?,34?,35+,36-,37-,38-,39+,40-/m1/s1. The van der Waals surface area contributed by atoms with E-state index in [0.717, 1.165) is 0 Å². The number of amides is 1. The maximum atomic E-state index is 11.8. The third-order valence-corrected chi connectivity index (χ3v) is 14.1. The van der Waals surface area contributed by atoms with E-state index in [1.54, 1.807) is 0 Å². The number of carbonyl (C=O) groups is 1. The average molecular weight is 1190 g/mol. The highest BCUT2D eigenvalue weighted by atomic mass is 31.2. The molecule has 0 aromatic rings. The van der Waals surface area contributed by atoms with Gasteiger partial charge in [0.15, 0.2) is 37.7 Å². The number of ether oxygens (including phenoxy) is 12. The first kappa shape index (κ1) is 66.4. The number of aliphatic hydroxyl groups is 17. The number of nitrogens with two attached hydrogens (primary N) is 1. The van der Waals surface area contributed by atoms with Crippen molar-refractivity contribution < 1.29 is 177 Å². The molecule has 6 rings (SSSR count). The second kappa shape index (κ2) is 29.4. The third kappa shape index (κ3) is 16.0. The molecule has 0 saturated carbocycles. The minimum atomic E-state index is -5.21. The number of phosphoric ester groups is 1. The van der Waals surface area contributed by atoms with Gasteiger partial charge in [0.25, 0.3) is 0 Å². The monoisotopic (exact) mass is 1190 g/mol. The summed E-state index contributed by atoms with van der Waals surface area (Å²) in [6, 6.07) is 0. The molecule has 6 aliphatic heterocycles. The Bertz CT molecular complexity index is 1910. The van der Waals surface area contributed by atoms with Gasteiger partial charge in [0, 0.05) is 6.42 Å². The Morgan fingerprint density at radius 1 is 0.430 bits per heavy atom. The van der Waals surface area contributed by atoms with Crippen LogP contribution >= 0.6 is 7.82 Å². The van der Waals surface area contributed by atoms with Crippen molar-refractivity contribution in [3.8, 4) is 0 Å². The molecule has 1 amide bonds. The molecule has 6 saturated heterocycles. The van der Waals surface area contributed by atoms with Gasteiger partial charge in [-0.1, -0.05) is 0 Å². The summed E-state index contributed by atoms with van der Waals surface area (Å²) >= 11 is 0. The Hall–Kier alpha value is -1.70. The van der Waals surface area contributed by atoms with Crippen LogP contribution in [0.25, 0.3) is 0 Å². The van der Waals surface area contributed by atoms with Gasteiger partial charge in [0.05, 0.1) is 39.6 Å². The lowest BCUT2D eigenvalue weighted by Gasteiger charge is -2.48. The molecule has 6 aliphatic rings. The maximum absolute atomic E-state index is 11.8. The van der Waals surface area contributed by atoms with E-state index in [1.807, 2.05) is 5.43 Å². The fraction of sp³-hybridized carbons (Fsp3) is 0.975. The number of carbonyl (C=O) groups excluding carboxylic acids is 1. The number of phosphoric acid groups is 1. The number of nitrogens with one attached hydrogen (secondary N) is 1. The highest BCUT2D eigenvalue weighted by molar-refractivity contribution is 7.46. The molecular formula is C40H71N2O36P. The Morgan fingerprint density at radius 3 is 1.29 bits per heavy atom. The highest BCUT2D eigenvalue weighted by Crippen LogP contribution is 2.39.